The van der Waals surface area contributed by atoms with E-state index in [4.69, 9.17) is 0 Å². The van der Waals surface area contributed by atoms with Crippen LogP contribution in [0.1, 0.15) is 52.4 Å². The predicted molar refractivity (Wildman–Crippen MR) is 126 cm³/mol. The third-order valence-electron chi connectivity index (χ3n) is 5.42. The summed E-state index contributed by atoms with van der Waals surface area (Å²) in [6, 6.07) is 17.8. The van der Waals surface area contributed by atoms with Gasteiger partial charge in [0.25, 0.3) is 15.9 Å². The average Bonchev–Trinajstić information content (AvgIpc) is 2.72. The molecule has 31 heavy (non-hydrogen) atoms. The van der Waals surface area contributed by atoms with Crippen LogP contribution in [0.5, 0.6) is 0 Å². The summed E-state index contributed by atoms with van der Waals surface area (Å²) in [7, 11) is -3.86. The Bertz CT molecular complexity index is 1210. The minimum Gasteiger partial charge on any atom is -0.322 e. The van der Waals surface area contributed by atoms with Crippen molar-refractivity contribution >= 4 is 27.3 Å². The molecule has 5 nitrogen and oxygen atoms in total. The Morgan fingerprint density at radius 3 is 2.19 bits per heavy atom. The van der Waals surface area contributed by atoms with Crippen LogP contribution in [0.25, 0.3) is 0 Å². The van der Waals surface area contributed by atoms with Crippen molar-refractivity contribution in [1.82, 2.24) is 0 Å². The fourth-order valence-electron chi connectivity index (χ4n) is 3.25. The average molecular weight is 437 g/mol. The van der Waals surface area contributed by atoms with Crippen LogP contribution < -0.4 is 10.0 Å². The molecule has 0 radical (unpaired) electrons. The van der Waals surface area contributed by atoms with Gasteiger partial charge in [-0.15, -0.1) is 0 Å². The molecule has 0 aliphatic heterocycles. The highest BCUT2D eigenvalue weighted by Crippen LogP contribution is 2.25. The summed E-state index contributed by atoms with van der Waals surface area (Å²) >= 11 is 0. The Kier molecular flexibility index (Phi) is 6.51. The lowest BCUT2D eigenvalue weighted by molar-refractivity contribution is 0.102. The van der Waals surface area contributed by atoms with Crippen LogP contribution in [0.4, 0.5) is 11.4 Å². The Balaban J connectivity index is 1.86. The number of hydrogen-bond donors (Lipinski definition) is 2. The second-order valence-electron chi connectivity index (χ2n) is 8.06. The highest BCUT2D eigenvalue weighted by molar-refractivity contribution is 7.92. The molecule has 0 saturated heterocycles. The number of carbonyl (C=O) groups excluding carboxylic acids is 1. The molecule has 0 bridgehead atoms. The lowest BCUT2D eigenvalue weighted by Crippen LogP contribution is -2.17. The molecule has 3 aromatic carbocycles. The lowest BCUT2D eigenvalue weighted by atomic mass is 10.0. The highest BCUT2D eigenvalue weighted by atomic mass is 32.2. The van der Waals surface area contributed by atoms with Gasteiger partial charge in [0, 0.05) is 11.3 Å². The second-order valence-corrected chi connectivity index (χ2v) is 9.71. The zero-order valence-corrected chi connectivity index (χ0v) is 19.3. The zero-order chi connectivity index (χ0) is 22.8. The van der Waals surface area contributed by atoms with Crippen LogP contribution in [0, 0.1) is 20.8 Å². The summed E-state index contributed by atoms with van der Waals surface area (Å²) in [6.07, 6.45) is 0. The SMILES string of the molecule is Cc1ccc(C(=O)Nc2ccc(C(C)C)cc2)cc1S(=O)(=O)Nc1cccc(C)c1C. The van der Waals surface area contributed by atoms with Crippen LogP contribution >= 0.6 is 0 Å². The summed E-state index contributed by atoms with van der Waals surface area (Å²) < 4.78 is 28.8. The Morgan fingerprint density at radius 1 is 0.871 bits per heavy atom. The van der Waals surface area contributed by atoms with E-state index < -0.39 is 10.0 Å². The van der Waals surface area contributed by atoms with Crippen molar-refractivity contribution < 1.29 is 13.2 Å². The van der Waals surface area contributed by atoms with E-state index in [0.717, 1.165) is 11.1 Å². The minimum absolute atomic E-state index is 0.0798. The predicted octanol–water partition coefficient (Wildman–Crippen LogP) is 5.79. The normalized spacial score (nSPS) is 11.4. The first-order valence-electron chi connectivity index (χ1n) is 10.2. The van der Waals surface area contributed by atoms with Gasteiger partial charge in [-0.1, -0.05) is 44.2 Å². The molecule has 162 valence electrons. The molecular formula is C25H28N2O3S. The van der Waals surface area contributed by atoms with E-state index in [1.165, 1.54) is 11.6 Å². The molecule has 0 spiro atoms. The molecule has 0 aliphatic rings. The number of benzene rings is 3. The van der Waals surface area contributed by atoms with Crippen molar-refractivity contribution in [2.75, 3.05) is 10.0 Å². The first-order valence-corrected chi connectivity index (χ1v) is 11.7. The van der Waals surface area contributed by atoms with Crippen LogP contribution in [0.3, 0.4) is 0 Å². The van der Waals surface area contributed by atoms with E-state index in [-0.39, 0.29) is 16.4 Å². The highest BCUT2D eigenvalue weighted by Gasteiger charge is 2.20. The van der Waals surface area contributed by atoms with E-state index in [0.29, 0.717) is 22.9 Å². The molecule has 6 heteroatoms. The molecule has 0 unspecified atom stereocenters. The van der Waals surface area contributed by atoms with Gasteiger partial charge in [0.15, 0.2) is 0 Å². The molecule has 0 saturated carbocycles. The third-order valence-corrected chi connectivity index (χ3v) is 6.93. The number of aryl methyl sites for hydroxylation is 2. The van der Waals surface area contributed by atoms with Gasteiger partial charge in [0.1, 0.15) is 0 Å². The van der Waals surface area contributed by atoms with E-state index >= 15 is 0 Å². The topological polar surface area (TPSA) is 75.3 Å². The molecule has 2 N–H and O–H groups in total. The van der Waals surface area contributed by atoms with E-state index in [1.54, 1.807) is 25.1 Å². The number of nitrogens with one attached hydrogen (secondary N) is 2. The smallest absolute Gasteiger partial charge is 0.262 e. The standard InChI is InChI=1S/C25H28N2O3S/c1-16(2)20-11-13-22(14-12-20)26-25(28)21-10-9-18(4)24(15-21)31(29,30)27-23-8-6-7-17(3)19(23)5/h6-16,27H,1-5H3,(H,26,28). The first kappa shape index (κ1) is 22.6. The van der Waals surface area contributed by atoms with Crippen LogP contribution in [0.15, 0.2) is 65.6 Å². The monoisotopic (exact) mass is 436 g/mol. The number of carbonyl (C=O) groups is 1. The van der Waals surface area contributed by atoms with E-state index in [1.807, 2.05) is 50.2 Å². The number of hydrogen-bond acceptors (Lipinski definition) is 3. The van der Waals surface area contributed by atoms with Crippen LogP contribution in [-0.4, -0.2) is 14.3 Å². The van der Waals surface area contributed by atoms with Gasteiger partial charge in [0.05, 0.1) is 10.6 Å². The van der Waals surface area contributed by atoms with Crippen molar-refractivity contribution in [2.24, 2.45) is 0 Å². The largest absolute Gasteiger partial charge is 0.322 e. The van der Waals surface area contributed by atoms with Crippen molar-refractivity contribution in [1.29, 1.82) is 0 Å². The molecule has 0 aromatic heterocycles. The van der Waals surface area contributed by atoms with Gasteiger partial charge >= 0.3 is 0 Å². The maximum Gasteiger partial charge on any atom is 0.262 e. The molecule has 0 aliphatic carbocycles. The number of anilines is 2. The van der Waals surface area contributed by atoms with Gasteiger partial charge in [-0.25, -0.2) is 8.42 Å². The van der Waals surface area contributed by atoms with Crippen LogP contribution in [-0.2, 0) is 10.0 Å². The maximum atomic E-state index is 13.1. The summed E-state index contributed by atoms with van der Waals surface area (Å²) in [5.41, 5.74) is 5.07. The molecule has 3 aromatic rings. The fraction of sp³-hybridized carbons (Fsp3) is 0.240. The molecule has 1 amide bonds. The van der Waals surface area contributed by atoms with E-state index in [2.05, 4.69) is 23.9 Å². The summed E-state index contributed by atoms with van der Waals surface area (Å²) in [5, 5.41) is 2.83. The number of rotatable bonds is 6. The van der Waals surface area contributed by atoms with Gasteiger partial charge in [-0.3, -0.25) is 9.52 Å². The molecule has 0 heterocycles. The number of sulfonamides is 1. The van der Waals surface area contributed by atoms with Crippen molar-refractivity contribution in [2.45, 2.75) is 45.4 Å². The molecule has 0 fully saturated rings. The Morgan fingerprint density at radius 2 is 1.55 bits per heavy atom. The molecule has 3 rings (SSSR count). The summed E-state index contributed by atoms with van der Waals surface area (Å²) in [6.45, 7) is 9.72. The number of amides is 1. The van der Waals surface area contributed by atoms with Gasteiger partial charge in [-0.2, -0.15) is 0 Å². The molecule has 0 atom stereocenters. The van der Waals surface area contributed by atoms with Crippen molar-refractivity contribution in [3.63, 3.8) is 0 Å². The first-order chi connectivity index (χ1) is 14.6. The zero-order valence-electron chi connectivity index (χ0n) is 18.5. The second kappa shape index (κ2) is 8.94. The summed E-state index contributed by atoms with van der Waals surface area (Å²) in [5.74, 6) is 0.0413. The minimum atomic E-state index is -3.86. The lowest BCUT2D eigenvalue weighted by Gasteiger charge is -2.15. The fourth-order valence-corrected chi connectivity index (χ4v) is 4.64. The Labute approximate surface area is 184 Å². The summed E-state index contributed by atoms with van der Waals surface area (Å²) in [4.78, 5) is 12.8. The molecular weight excluding hydrogens is 408 g/mol. The third kappa shape index (κ3) is 5.14. The van der Waals surface area contributed by atoms with Crippen molar-refractivity contribution in [3.8, 4) is 0 Å². The van der Waals surface area contributed by atoms with Crippen molar-refractivity contribution in [3.05, 3.63) is 88.5 Å². The van der Waals surface area contributed by atoms with E-state index in [9.17, 15) is 13.2 Å². The quantitative estimate of drug-likeness (QED) is 0.514. The van der Waals surface area contributed by atoms with Gasteiger partial charge in [0.2, 0.25) is 0 Å². The van der Waals surface area contributed by atoms with Crippen LogP contribution in [0.2, 0.25) is 0 Å². The van der Waals surface area contributed by atoms with Gasteiger partial charge in [-0.05, 0) is 79.3 Å². The maximum absolute atomic E-state index is 13.1. The Hall–Kier alpha value is -3.12. The van der Waals surface area contributed by atoms with Gasteiger partial charge < -0.3 is 5.32 Å².